The molecule has 0 fully saturated rings. The molecule has 0 bridgehead atoms. The van der Waals surface area contributed by atoms with Gasteiger partial charge >= 0.3 is 0 Å². The summed E-state index contributed by atoms with van der Waals surface area (Å²) in [4.78, 5) is 10.3. The van der Waals surface area contributed by atoms with Crippen LogP contribution in [0.1, 0.15) is 6.92 Å². The van der Waals surface area contributed by atoms with Crippen molar-refractivity contribution in [1.29, 1.82) is 0 Å². The largest absolute Gasteiger partial charge is 0.323 e. The van der Waals surface area contributed by atoms with Crippen LogP contribution in [0.15, 0.2) is 0 Å². The van der Waals surface area contributed by atoms with Crippen LogP contribution >= 0.6 is 11.9 Å². The summed E-state index contributed by atoms with van der Waals surface area (Å²) >= 11 is 1.06. The lowest BCUT2D eigenvalue weighted by atomic mass is 10.8. The molecule has 0 aliphatic rings. The highest BCUT2D eigenvalue weighted by Crippen LogP contribution is 1.90. The predicted octanol–water partition coefficient (Wildman–Crippen LogP) is -0.271. The Balaban J connectivity index is 2.99. The number of nitrogens with one attached hydrogen (secondary N) is 1. The van der Waals surface area contributed by atoms with Gasteiger partial charge in [0.2, 0.25) is 5.12 Å². The molecule has 0 heterocycles. The van der Waals surface area contributed by atoms with Gasteiger partial charge in [-0.05, 0) is 11.9 Å². The van der Waals surface area contributed by atoms with Crippen LogP contribution in [0.2, 0.25) is 0 Å². The highest BCUT2D eigenvalue weighted by Gasteiger charge is 1.94. The van der Waals surface area contributed by atoms with E-state index in [0.29, 0.717) is 0 Å². The van der Waals surface area contributed by atoms with Gasteiger partial charge in [0.15, 0.2) is 0 Å². The maximum Gasteiger partial charge on any atom is 0.217 e. The molecule has 4 heteroatoms. The maximum absolute atomic E-state index is 10.3. The van der Waals surface area contributed by atoms with Crippen molar-refractivity contribution in [3.8, 4) is 0 Å². The van der Waals surface area contributed by atoms with Gasteiger partial charge in [0, 0.05) is 6.54 Å². The second-order valence-electron chi connectivity index (χ2n) is 1.18. The van der Waals surface area contributed by atoms with E-state index < -0.39 is 0 Å². The lowest BCUT2D eigenvalue weighted by molar-refractivity contribution is -0.109. The molecule has 48 valence electrons. The van der Waals surface area contributed by atoms with Gasteiger partial charge in [-0.1, -0.05) is 6.92 Å². The number of carbonyl (C=O) groups excluding carboxylic acids is 1. The minimum absolute atomic E-state index is 0.0214. The van der Waals surface area contributed by atoms with E-state index in [0.717, 1.165) is 18.5 Å². The van der Waals surface area contributed by atoms with Crippen molar-refractivity contribution in [3.63, 3.8) is 0 Å². The zero-order valence-electron chi connectivity index (χ0n) is 4.81. The van der Waals surface area contributed by atoms with Gasteiger partial charge < -0.3 is 5.73 Å². The van der Waals surface area contributed by atoms with Crippen molar-refractivity contribution in [2.75, 3.05) is 13.1 Å². The monoisotopic (exact) mass is 134 g/mol. The van der Waals surface area contributed by atoms with Crippen molar-refractivity contribution < 1.29 is 4.79 Å². The topological polar surface area (TPSA) is 55.1 Å². The summed E-state index contributed by atoms with van der Waals surface area (Å²) in [6.07, 6.45) is 0. The number of carbonyl (C=O) groups is 1. The first-order chi connectivity index (χ1) is 3.81. The van der Waals surface area contributed by atoms with Gasteiger partial charge in [-0.25, -0.2) is 0 Å². The van der Waals surface area contributed by atoms with E-state index in [9.17, 15) is 4.79 Å². The average molecular weight is 134 g/mol. The number of nitrogens with two attached hydrogens (primary N) is 1. The molecule has 0 aliphatic carbocycles. The van der Waals surface area contributed by atoms with E-state index >= 15 is 0 Å². The van der Waals surface area contributed by atoms with Crippen LogP contribution in [0.3, 0.4) is 0 Å². The van der Waals surface area contributed by atoms with E-state index in [1.807, 2.05) is 6.92 Å². The lowest BCUT2D eigenvalue weighted by Crippen LogP contribution is -2.14. The molecule has 0 saturated heterocycles. The van der Waals surface area contributed by atoms with Gasteiger partial charge in [0.05, 0.1) is 6.54 Å². The second-order valence-corrected chi connectivity index (χ2v) is 2.12. The van der Waals surface area contributed by atoms with Gasteiger partial charge in [-0.2, -0.15) is 0 Å². The molecule has 0 unspecified atom stereocenters. The third kappa shape index (κ3) is 4.11. The summed E-state index contributed by atoms with van der Waals surface area (Å²) in [5.41, 5.74) is 5.00. The van der Waals surface area contributed by atoms with Crippen LogP contribution in [0.4, 0.5) is 0 Å². The zero-order chi connectivity index (χ0) is 6.41. The molecule has 0 atom stereocenters. The summed E-state index contributed by atoms with van der Waals surface area (Å²) in [5.74, 6) is 0. The first-order valence-corrected chi connectivity index (χ1v) is 3.25. The number of rotatable bonds is 3. The van der Waals surface area contributed by atoms with Gasteiger partial charge in [-0.15, -0.1) is 0 Å². The van der Waals surface area contributed by atoms with Gasteiger partial charge in [-0.3, -0.25) is 9.52 Å². The summed E-state index contributed by atoms with van der Waals surface area (Å²) in [6, 6.07) is 0. The van der Waals surface area contributed by atoms with Crippen molar-refractivity contribution >= 4 is 17.1 Å². The Morgan fingerprint density at radius 2 is 2.50 bits per heavy atom. The van der Waals surface area contributed by atoms with E-state index in [4.69, 9.17) is 5.73 Å². The number of hydrogen-bond acceptors (Lipinski definition) is 4. The molecule has 0 spiro atoms. The first kappa shape index (κ1) is 7.94. The number of hydrogen-bond donors (Lipinski definition) is 2. The molecule has 0 aliphatic heterocycles. The molecule has 0 aromatic carbocycles. The molecule has 3 N–H and O–H groups in total. The Morgan fingerprint density at radius 3 is 2.88 bits per heavy atom. The highest BCUT2D eigenvalue weighted by atomic mass is 32.2. The smallest absolute Gasteiger partial charge is 0.217 e. The molecule has 0 saturated carbocycles. The van der Waals surface area contributed by atoms with E-state index in [2.05, 4.69) is 4.72 Å². The van der Waals surface area contributed by atoms with Gasteiger partial charge in [0.25, 0.3) is 0 Å². The van der Waals surface area contributed by atoms with Crippen molar-refractivity contribution in [3.05, 3.63) is 0 Å². The zero-order valence-corrected chi connectivity index (χ0v) is 5.62. The Bertz CT molecular complexity index is 76.4. The normalized spacial score (nSPS) is 9.25. The molecular weight excluding hydrogens is 124 g/mol. The molecule has 0 aromatic rings. The van der Waals surface area contributed by atoms with Crippen LogP contribution < -0.4 is 10.5 Å². The van der Waals surface area contributed by atoms with E-state index in [1.54, 1.807) is 0 Å². The molecule has 0 rings (SSSR count). The van der Waals surface area contributed by atoms with Crippen molar-refractivity contribution in [2.24, 2.45) is 5.73 Å². The Hall–Kier alpha value is -0.0600. The minimum Gasteiger partial charge on any atom is -0.323 e. The molecule has 8 heavy (non-hydrogen) atoms. The predicted molar refractivity (Wildman–Crippen MR) is 35.3 cm³/mol. The van der Waals surface area contributed by atoms with Crippen molar-refractivity contribution in [1.82, 2.24) is 4.72 Å². The molecule has 0 aromatic heterocycles. The summed E-state index contributed by atoms with van der Waals surface area (Å²) < 4.78 is 2.79. The molecule has 3 nitrogen and oxygen atoms in total. The Morgan fingerprint density at radius 1 is 1.88 bits per heavy atom. The fraction of sp³-hybridized carbons (Fsp3) is 0.750. The van der Waals surface area contributed by atoms with Crippen molar-refractivity contribution in [2.45, 2.75) is 6.92 Å². The van der Waals surface area contributed by atoms with Crippen LogP contribution in [-0.4, -0.2) is 18.2 Å². The van der Waals surface area contributed by atoms with Crippen LogP contribution in [0.5, 0.6) is 0 Å². The highest BCUT2D eigenvalue weighted by molar-refractivity contribution is 8.12. The van der Waals surface area contributed by atoms with Crippen LogP contribution in [0.25, 0.3) is 0 Å². The summed E-state index contributed by atoms with van der Waals surface area (Å²) in [6.45, 7) is 2.82. The summed E-state index contributed by atoms with van der Waals surface area (Å²) in [7, 11) is 0. The van der Waals surface area contributed by atoms with Crippen LogP contribution in [-0.2, 0) is 4.79 Å². The van der Waals surface area contributed by atoms with Gasteiger partial charge in [0.1, 0.15) is 0 Å². The molecule has 0 amide bonds. The lowest BCUT2D eigenvalue weighted by Gasteiger charge is -1.93. The first-order valence-electron chi connectivity index (χ1n) is 2.43. The maximum atomic E-state index is 10.3. The van der Waals surface area contributed by atoms with E-state index in [1.165, 1.54) is 0 Å². The minimum atomic E-state index is -0.0214. The summed E-state index contributed by atoms with van der Waals surface area (Å²) in [5, 5.41) is -0.0214. The van der Waals surface area contributed by atoms with E-state index in [-0.39, 0.29) is 11.7 Å². The molecule has 0 radical (unpaired) electrons. The fourth-order valence-electron chi connectivity index (χ4n) is 0.194. The average Bonchev–Trinajstić information content (AvgIpc) is 1.83. The third-order valence-corrected chi connectivity index (χ3v) is 1.32. The second kappa shape index (κ2) is 5.08. The SMILES string of the molecule is CCNSC(=O)CN. The Labute approximate surface area is 53.1 Å². The third-order valence-electron chi connectivity index (χ3n) is 0.497. The van der Waals surface area contributed by atoms with Crippen LogP contribution in [0, 0.1) is 0 Å². The standard InChI is InChI=1S/C4H10N2OS/c1-2-6-8-4(7)3-5/h6H,2-3,5H2,1H3. The molecular formula is C4H10N2OS. The quantitative estimate of drug-likeness (QED) is 0.522. The fourth-order valence-corrected chi connectivity index (χ4v) is 0.583. The Kier molecular flexibility index (Phi) is 5.05.